The van der Waals surface area contributed by atoms with Gasteiger partial charge < -0.3 is 10.2 Å². The van der Waals surface area contributed by atoms with E-state index >= 15 is 0 Å². The Morgan fingerprint density at radius 1 is 1.19 bits per heavy atom. The molecule has 1 aromatic rings. The normalized spacial score (nSPS) is 17.6. The largest absolute Gasteiger partial charge is 0.385 e. The fraction of sp³-hybridized carbons (Fsp3) is 0.611. The number of benzene rings is 1. The van der Waals surface area contributed by atoms with Crippen LogP contribution in [0, 0.1) is 18.8 Å². The van der Waals surface area contributed by atoms with Crippen LogP contribution in [0.2, 0.25) is 0 Å². The predicted octanol–water partition coefficient (Wildman–Crippen LogP) is 3.69. The number of anilines is 1. The molecule has 1 amide bonds. The van der Waals surface area contributed by atoms with Crippen LogP contribution in [0.4, 0.5) is 5.69 Å². The highest BCUT2D eigenvalue weighted by Gasteiger charge is 2.32. The van der Waals surface area contributed by atoms with Crippen LogP contribution in [0.15, 0.2) is 18.2 Å². The maximum Gasteiger partial charge on any atom is 0.255 e. The van der Waals surface area contributed by atoms with Gasteiger partial charge in [-0.05, 0) is 63.5 Å². The molecular formula is C18H26N2O. The molecule has 2 aliphatic rings. The minimum atomic E-state index is 0.216. The third-order valence-corrected chi connectivity index (χ3v) is 4.41. The number of hydrogen-bond acceptors (Lipinski definition) is 2. The molecule has 3 nitrogen and oxygen atoms in total. The van der Waals surface area contributed by atoms with Crippen LogP contribution in [-0.2, 0) is 0 Å². The minimum absolute atomic E-state index is 0.216. The molecule has 114 valence electrons. The number of carbonyl (C=O) groups is 1. The van der Waals surface area contributed by atoms with E-state index in [1.807, 2.05) is 12.1 Å². The molecule has 0 heterocycles. The summed E-state index contributed by atoms with van der Waals surface area (Å²) in [7, 11) is 0. The molecule has 3 rings (SSSR count). The summed E-state index contributed by atoms with van der Waals surface area (Å²) in [6, 6.07) is 6.15. The molecule has 2 fully saturated rings. The van der Waals surface area contributed by atoms with E-state index in [9.17, 15) is 4.79 Å². The van der Waals surface area contributed by atoms with Crippen LogP contribution in [0.25, 0.3) is 0 Å². The van der Waals surface area contributed by atoms with Gasteiger partial charge in [0.2, 0.25) is 0 Å². The van der Waals surface area contributed by atoms with Gasteiger partial charge in [-0.3, -0.25) is 4.79 Å². The lowest BCUT2D eigenvalue weighted by Gasteiger charge is -2.24. The van der Waals surface area contributed by atoms with Crippen molar-refractivity contribution in [3.05, 3.63) is 29.3 Å². The third kappa shape index (κ3) is 3.78. The van der Waals surface area contributed by atoms with E-state index in [-0.39, 0.29) is 5.91 Å². The monoisotopic (exact) mass is 286 g/mol. The summed E-state index contributed by atoms with van der Waals surface area (Å²) in [5.74, 6) is 1.72. The van der Waals surface area contributed by atoms with E-state index in [0.717, 1.165) is 48.3 Å². The van der Waals surface area contributed by atoms with Gasteiger partial charge in [0, 0.05) is 25.3 Å². The summed E-state index contributed by atoms with van der Waals surface area (Å²) in [6.07, 6.45) is 5.18. The summed E-state index contributed by atoms with van der Waals surface area (Å²) < 4.78 is 0. The number of hydrogen-bond donors (Lipinski definition) is 1. The van der Waals surface area contributed by atoms with Gasteiger partial charge in [0.25, 0.3) is 5.91 Å². The Kier molecular flexibility index (Phi) is 4.18. The van der Waals surface area contributed by atoms with Crippen molar-refractivity contribution in [1.82, 2.24) is 4.90 Å². The molecule has 0 aliphatic heterocycles. The van der Waals surface area contributed by atoms with Crippen molar-refractivity contribution in [3.63, 3.8) is 0 Å². The SMILES string of the molecule is CCNc1ccc(C)cc1C(=O)N(CC1CC1)CC1CC1. The first-order valence-electron chi connectivity index (χ1n) is 8.31. The lowest BCUT2D eigenvalue weighted by atomic mass is 10.1. The van der Waals surface area contributed by atoms with Gasteiger partial charge in [-0.1, -0.05) is 11.6 Å². The second-order valence-corrected chi connectivity index (χ2v) is 6.68. The third-order valence-electron chi connectivity index (χ3n) is 4.41. The Morgan fingerprint density at radius 3 is 2.33 bits per heavy atom. The molecule has 0 bridgehead atoms. The van der Waals surface area contributed by atoms with Crippen molar-refractivity contribution in [2.75, 3.05) is 25.0 Å². The maximum absolute atomic E-state index is 13.0. The zero-order valence-corrected chi connectivity index (χ0v) is 13.2. The van der Waals surface area contributed by atoms with Crippen molar-refractivity contribution in [2.24, 2.45) is 11.8 Å². The molecule has 0 saturated heterocycles. The first kappa shape index (κ1) is 14.4. The van der Waals surface area contributed by atoms with Crippen LogP contribution in [-0.4, -0.2) is 30.4 Å². The minimum Gasteiger partial charge on any atom is -0.385 e. The van der Waals surface area contributed by atoms with Crippen molar-refractivity contribution in [1.29, 1.82) is 0 Å². The van der Waals surface area contributed by atoms with Gasteiger partial charge in [-0.2, -0.15) is 0 Å². The molecule has 1 aromatic carbocycles. The standard InChI is InChI=1S/C18H26N2O/c1-3-19-17-9-4-13(2)10-16(17)18(21)20(11-14-5-6-14)12-15-7-8-15/h4,9-10,14-15,19H,3,5-8,11-12H2,1-2H3. The van der Waals surface area contributed by atoms with E-state index in [0.29, 0.717) is 0 Å². The van der Waals surface area contributed by atoms with Crippen molar-refractivity contribution in [3.8, 4) is 0 Å². The molecule has 0 radical (unpaired) electrons. The van der Waals surface area contributed by atoms with Gasteiger partial charge in [0.15, 0.2) is 0 Å². The smallest absolute Gasteiger partial charge is 0.255 e. The van der Waals surface area contributed by atoms with Crippen molar-refractivity contribution >= 4 is 11.6 Å². The zero-order chi connectivity index (χ0) is 14.8. The summed E-state index contributed by atoms with van der Waals surface area (Å²) >= 11 is 0. The van der Waals surface area contributed by atoms with E-state index in [4.69, 9.17) is 0 Å². The Labute approximate surface area is 127 Å². The molecule has 0 atom stereocenters. The van der Waals surface area contributed by atoms with Crippen molar-refractivity contribution in [2.45, 2.75) is 39.5 Å². The molecule has 0 unspecified atom stereocenters. The molecule has 2 aliphatic carbocycles. The predicted molar refractivity (Wildman–Crippen MR) is 86.7 cm³/mol. The molecule has 2 saturated carbocycles. The van der Waals surface area contributed by atoms with Crippen molar-refractivity contribution < 1.29 is 4.79 Å². The number of carbonyl (C=O) groups excluding carboxylic acids is 1. The maximum atomic E-state index is 13.0. The van der Waals surface area contributed by atoms with Gasteiger partial charge in [0.1, 0.15) is 0 Å². The fourth-order valence-electron chi connectivity index (χ4n) is 2.81. The van der Waals surface area contributed by atoms with Gasteiger partial charge >= 0.3 is 0 Å². The summed E-state index contributed by atoms with van der Waals surface area (Å²) in [5.41, 5.74) is 2.97. The lowest BCUT2D eigenvalue weighted by Crippen LogP contribution is -2.35. The topological polar surface area (TPSA) is 32.3 Å². The molecule has 0 spiro atoms. The van der Waals surface area contributed by atoms with Crippen LogP contribution in [0.5, 0.6) is 0 Å². The summed E-state index contributed by atoms with van der Waals surface area (Å²) in [6.45, 7) is 6.87. The molecular weight excluding hydrogens is 260 g/mol. The average Bonchev–Trinajstić information content (AvgIpc) is 3.35. The first-order valence-corrected chi connectivity index (χ1v) is 8.31. The second-order valence-electron chi connectivity index (χ2n) is 6.68. The number of amides is 1. The molecule has 0 aromatic heterocycles. The number of nitrogens with one attached hydrogen (secondary N) is 1. The number of aryl methyl sites for hydroxylation is 1. The zero-order valence-electron chi connectivity index (χ0n) is 13.2. The Morgan fingerprint density at radius 2 is 1.81 bits per heavy atom. The lowest BCUT2D eigenvalue weighted by molar-refractivity contribution is 0.0740. The van der Waals surface area contributed by atoms with E-state index < -0.39 is 0 Å². The Hall–Kier alpha value is -1.51. The highest BCUT2D eigenvalue weighted by molar-refractivity contribution is 5.99. The van der Waals surface area contributed by atoms with Crippen LogP contribution < -0.4 is 5.32 Å². The van der Waals surface area contributed by atoms with Gasteiger partial charge in [-0.25, -0.2) is 0 Å². The van der Waals surface area contributed by atoms with Crippen LogP contribution >= 0.6 is 0 Å². The van der Waals surface area contributed by atoms with Gasteiger partial charge in [0.05, 0.1) is 5.56 Å². The first-order chi connectivity index (χ1) is 10.2. The summed E-state index contributed by atoms with van der Waals surface area (Å²) in [5, 5.41) is 3.33. The molecule has 1 N–H and O–H groups in total. The highest BCUT2D eigenvalue weighted by Crippen LogP contribution is 2.34. The Balaban J connectivity index is 1.80. The average molecular weight is 286 g/mol. The second kappa shape index (κ2) is 6.08. The van der Waals surface area contributed by atoms with E-state index in [1.54, 1.807) is 0 Å². The highest BCUT2D eigenvalue weighted by atomic mass is 16.2. The quantitative estimate of drug-likeness (QED) is 0.829. The van der Waals surface area contributed by atoms with Crippen LogP contribution in [0.1, 0.15) is 48.5 Å². The molecule has 3 heteroatoms. The Bertz CT molecular complexity index is 504. The number of nitrogens with zero attached hydrogens (tertiary/aromatic N) is 1. The van der Waals surface area contributed by atoms with Gasteiger partial charge in [-0.15, -0.1) is 0 Å². The number of rotatable bonds is 7. The van der Waals surface area contributed by atoms with Crippen LogP contribution in [0.3, 0.4) is 0 Å². The summed E-state index contributed by atoms with van der Waals surface area (Å²) in [4.78, 5) is 15.1. The van der Waals surface area contributed by atoms with E-state index in [2.05, 4.69) is 30.1 Å². The molecule has 21 heavy (non-hydrogen) atoms. The fourth-order valence-corrected chi connectivity index (χ4v) is 2.81. The van der Waals surface area contributed by atoms with E-state index in [1.165, 1.54) is 25.7 Å².